The van der Waals surface area contributed by atoms with Crippen LogP contribution in [0.5, 0.6) is 0 Å². The molecule has 3 fully saturated rings. The first-order chi connectivity index (χ1) is 10.7. The van der Waals surface area contributed by atoms with Gasteiger partial charge in [-0.05, 0) is 13.0 Å². The Kier molecular flexibility index (Phi) is 5.28. The summed E-state index contributed by atoms with van der Waals surface area (Å²) in [5, 5.41) is 3.24. The van der Waals surface area contributed by atoms with Crippen molar-refractivity contribution in [2.24, 2.45) is 5.92 Å². The van der Waals surface area contributed by atoms with E-state index in [1.807, 2.05) is 9.80 Å². The largest absolute Gasteiger partial charge is 0.379 e. The third-order valence-corrected chi connectivity index (χ3v) is 4.82. The first-order valence-corrected chi connectivity index (χ1v) is 8.31. The summed E-state index contributed by atoms with van der Waals surface area (Å²) in [4.78, 5) is 30.7. The smallest absolute Gasteiger partial charge is 0.236 e. The molecule has 7 nitrogen and oxygen atoms in total. The molecule has 0 aromatic heterocycles. The molecule has 0 aliphatic carbocycles. The van der Waals surface area contributed by atoms with E-state index in [0.29, 0.717) is 45.9 Å². The number of hydrogen-bond acceptors (Lipinski definition) is 5. The van der Waals surface area contributed by atoms with Crippen molar-refractivity contribution >= 4 is 11.8 Å². The standard InChI is InChI=1S/C15H26N4O3/c20-14(12-17-7-9-22-10-8-17)18-3-5-19(6-4-18)15(21)13-1-2-16-11-13/h13,16H,1-12H2. The highest BCUT2D eigenvalue weighted by molar-refractivity contribution is 5.81. The summed E-state index contributed by atoms with van der Waals surface area (Å²) in [6.07, 6.45) is 0.939. The number of carbonyl (C=O) groups excluding carboxylic acids is 2. The van der Waals surface area contributed by atoms with E-state index in [0.717, 1.165) is 32.6 Å². The van der Waals surface area contributed by atoms with Gasteiger partial charge in [-0.1, -0.05) is 0 Å². The van der Waals surface area contributed by atoms with Crippen LogP contribution in [-0.2, 0) is 14.3 Å². The Morgan fingerprint density at radius 1 is 1.00 bits per heavy atom. The summed E-state index contributed by atoms with van der Waals surface area (Å²) < 4.78 is 5.30. The van der Waals surface area contributed by atoms with Crippen molar-refractivity contribution in [1.82, 2.24) is 20.0 Å². The fraction of sp³-hybridized carbons (Fsp3) is 0.867. The minimum absolute atomic E-state index is 0.135. The number of nitrogens with zero attached hydrogens (tertiary/aromatic N) is 3. The molecule has 1 unspecified atom stereocenters. The van der Waals surface area contributed by atoms with Gasteiger partial charge in [-0.2, -0.15) is 0 Å². The van der Waals surface area contributed by atoms with Crippen LogP contribution in [0.2, 0.25) is 0 Å². The highest BCUT2D eigenvalue weighted by Crippen LogP contribution is 2.14. The third-order valence-electron chi connectivity index (χ3n) is 4.82. The Labute approximate surface area is 131 Å². The van der Waals surface area contributed by atoms with E-state index in [2.05, 4.69) is 10.2 Å². The van der Waals surface area contributed by atoms with Gasteiger partial charge >= 0.3 is 0 Å². The van der Waals surface area contributed by atoms with Crippen molar-refractivity contribution in [3.63, 3.8) is 0 Å². The Morgan fingerprint density at radius 2 is 1.68 bits per heavy atom. The van der Waals surface area contributed by atoms with Crippen LogP contribution in [0, 0.1) is 5.92 Å². The summed E-state index contributed by atoms with van der Waals surface area (Å²) in [6.45, 7) is 7.97. The molecule has 7 heteroatoms. The monoisotopic (exact) mass is 310 g/mol. The van der Waals surface area contributed by atoms with Gasteiger partial charge in [-0.15, -0.1) is 0 Å². The molecule has 3 aliphatic heterocycles. The molecule has 0 spiro atoms. The fourth-order valence-corrected chi connectivity index (χ4v) is 3.35. The Bertz CT molecular complexity index is 398. The lowest BCUT2D eigenvalue weighted by Crippen LogP contribution is -2.54. The van der Waals surface area contributed by atoms with Crippen molar-refractivity contribution < 1.29 is 14.3 Å². The normalized spacial score (nSPS) is 27.2. The molecule has 3 saturated heterocycles. The first-order valence-electron chi connectivity index (χ1n) is 8.31. The van der Waals surface area contributed by atoms with Crippen molar-refractivity contribution in [2.45, 2.75) is 6.42 Å². The molecule has 0 radical (unpaired) electrons. The number of ether oxygens (including phenoxy) is 1. The van der Waals surface area contributed by atoms with Crippen LogP contribution in [0.4, 0.5) is 0 Å². The number of morpholine rings is 1. The van der Waals surface area contributed by atoms with Crippen LogP contribution >= 0.6 is 0 Å². The molecule has 22 heavy (non-hydrogen) atoms. The third kappa shape index (κ3) is 3.77. The summed E-state index contributed by atoms with van der Waals surface area (Å²) >= 11 is 0. The van der Waals surface area contributed by atoms with E-state index in [9.17, 15) is 9.59 Å². The topological polar surface area (TPSA) is 65.1 Å². The van der Waals surface area contributed by atoms with E-state index in [4.69, 9.17) is 4.74 Å². The average molecular weight is 310 g/mol. The van der Waals surface area contributed by atoms with Gasteiger partial charge in [0, 0.05) is 45.8 Å². The molecule has 3 rings (SSSR count). The van der Waals surface area contributed by atoms with Crippen LogP contribution in [0.1, 0.15) is 6.42 Å². The van der Waals surface area contributed by atoms with Crippen molar-refractivity contribution in [3.05, 3.63) is 0 Å². The molecule has 2 amide bonds. The molecule has 124 valence electrons. The van der Waals surface area contributed by atoms with E-state index in [1.165, 1.54) is 0 Å². The summed E-state index contributed by atoms with van der Waals surface area (Å²) in [5.41, 5.74) is 0. The van der Waals surface area contributed by atoms with Gasteiger partial charge in [0.25, 0.3) is 0 Å². The lowest BCUT2D eigenvalue weighted by Gasteiger charge is -2.37. The van der Waals surface area contributed by atoms with Gasteiger partial charge in [-0.25, -0.2) is 0 Å². The van der Waals surface area contributed by atoms with Crippen LogP contribution < -0.4 is 5.32 Å². The highest BCUT2D eigenvalue weighted by Gasteiger charge is 2.30. The fourth-order valence-electron chi connectivity index (χ4n) is 3.35. The zero-order chi connectivity index (χ0) is 15.4. The Hall–Kier alpha value is -1.18. The number of carbonyl (C=O) groups is 2. The van der Waals surface area contributed by atoms with Gasteiger partial charge in [0.1, 0.15) is 0 Å². The molecular weight excluding hydrogens is 284 g/mol. The van der Waals surface area contributed by atoms with Crippen molar-refractivity contribution in [2.75, 3.05) is 72.1 Å². The number of piperazine rings is 1. The van der Waals surface area contributed by atoms with E-state index < -0.39 is 0 Å². The van der Waals surface area contributed by atoms with Gasteiger partial charge in [0.2, 0.25) is 11.8 Å². The maximum atomic E-state index is 12.4. The minimum atomic E-state index is 0.135. The highest BCUT2D eigenvalue weighted by atomic mass is 16.5. The van der Waals surface area contributed by atoms with E-state index in [1.54, 1.807) is 0 Å². The Balaban J connectivity index is 1.42. The second-order valence-corrected chi connectivity index (χ2v) is 6.28. The maximum Gasteiger partial charge on any atom is 0.236 e. The molecule has 0 aromatic carbocycles. The van der Waals surface area contributed by atoms with Crippen LogP contribution in [0.3, 0.4) is 0 Å². The van der Waals surface area contributed by atoms with Gasteiger partial charge in [-0.3, -0.25) is 14.5 Å². The van der Waals surface area contributed by atoms with Crippen molar-refractivity contribution in [3.8, 4) is 0 Å². The molecule has 1 N–H and O–H groups in total. The molecule has 3 aliphatic rings. The van der Waals surface area contributed by atoms with Gasteiger partial charge in [0.05, 0.1) is 25.7 Å². The number of amides is 2. The van der Waals surface area contributed by atoms with Gasteiger partial charge < -0.3 is 19.9 Å². The van der Waals surface area contributed by atoms with E-state index >= 15 is 0 Å². The second kappa shape index (κ2) is 7.39. The number of hydrogen-bond donors (Lipinski definition) is 1. The van der Waals surface area contributed by atoms with Crippen LogP contribution in [0.25, 0.3) is 0 Å². The molecule has 0 saturated carbocycles. The summed E-state index contributed by atoms with van der Waals surface area (Å²) in [5.74, 6) is 0.567. The van der Waals surface area contributed by atoms with E-state index in [-0.39, 0.29) is 17.7 Å². The molecule has 0 aromatic rings. The number of nitrogens with one attached hydrogen (secondary N) is 1. The summed E-state index contributed by atoms with van der Waals surface area (Å²) in [6, 6.07) is 0. The molecule has 3 heterocycles. The number of rotatable bonds is 3. The zero-order valence-electron chi connectivity index (χ0n) is 13.1. The lowest BCUT2D eigenvalue weighted by atomic mass is 10.1. The second-order valence-electron chi connectivity index (χ2n) is 6.28. The molecule has 1 atom stereocenters. The Morgan fingerprint density at radius 3 is 2.32 bits per heavy atom. The van der Waals surface area contributed by atoms with Crippen LogP contribution in [-0.4, -0.2) is 98.6 Å². The average Bonchev–Trinajstić information content (AvgIpc) is 3.10. The molecular formula is C15H26N4O3. The quantitative estimate of drug-likeness (QED) is 0.694. The lowest BCUT2D eigenvalue weighted by molar-refractivity contribution is -0.142. The molecule has 0 bridgehead atoms. The van der Waals surface area contributed by atoms with Gasteiger partial charge in [0.15, 0.2) is 0 Å². The summed E-state index contributed by atoms with van der Waals surface area (Å²) in [7, 11) is 0. The minimum Gasteiger partial charge on any atom is -0.379 e. The zero-order valence-corrected chi connectivity index (χ0v) is 13.1. The SMILES string of the molecule is O=C(CN1CCOCC1)N1CCN(C(=O)C2CCNC2)CC1. The first kappa shape index (κ1) is 15.7. The van der Waals surface area contributed by atoms with Crippen molar-refractivity contribution in [1.29, 1.82) is 0 Å². The predicted molar refractivity (Wildman–Crippen MR) is 81.4 cm³/mol. The predicted octanol–water partition coefficient (Wildman–Crippen LogP) is -1.40. The maximum absolute atomic E-state index is 12.4. The van der Waals surface area contributed by atoms with Crippen LogP contribution in [0.15, 0.2) is 0 Å².